The van der Waals surface area contributed by atoms with Gasteiger partial charge in [-0.15, -0.1) is 0 Å². The van der Waals surface area contributed by atoms with E-state index in [2.05, 4.69) is 4.99 Å². The van der Waals surface area contributed by atoms with E-state index in [0.717, 1.165) is 18.9 Å². The quantitative estimate of drug-likeness (QED) is 0.680. The summed E-state index contributed by atoms with van der Waals surface area (Å²) in [5.74, 6) is -1.02. The molecule has 1 saturated carbocycles. The van der Waals surface area contributed by atoms with Crippen molar-refractivity contribution < 1.29 is 23.8 Å². The van der Waals surface area contributed by atoms with E-state index in [0.29, 0.717) is 12.8 Å². The van der Waals surface area contributed by atoms with Crippen LogP contribution in [0.5, 0.6) is 17.2 Å². The van der Waals surface area contributed by atoms with Crippen LogP contribution >= 0.6 is 0 Å². The van der Waals surface area contributed by atoms with Gasteiger partial charge in [0.15, 0.2) is 23.1 Å². The molecular formula is C14H16FNO4. The Balaban J connectivity index is 2.76. The third-order valence-corrected chi connectivity index (χ3v) is 3.74. The number of carbonyl (C=O) groups excluding carboxylic acids is 1. The molecular weight excluding hydrogens is 265 g/mol. The van der Waals surface area contributed by atoms with Gasteiger partial charge in [-0.3, -0.25) is 0 Å². The number of isocyanates is 1. The second-order valence-corrected chi connectivity index (χ2v) is 4.76. The fourth-order valence-electron chi connectivity index (χ4n) is 2.84. The molecule has 0 atom stereocenters. The van der Waals surface area contributed by atoms with Crippen LogP contribution in [0.1, 0.15) is 31.2 Å². The molecule has 0 aromatic heterocycles. The summed E-state index contributed by atoms with van der Waals surface area (Å²) in [5.41, 5.74) is -0.971. The number of nitrogens with zero attached hydrogens (tertiary/aromatic N) is 1. The smallest absolute Gasteiger partial charge is 0.235 e. The standard InChI is InChI=1S/C14H16FNO4/c1-19-10-7-9(18)12(15)11(13(10)20-2)14(16-8-17)5-3-4-6-14/h7,18H,3-6H2,1-2H3. The topological polar surface area (TPSA) is 68.1 Å². The van der Waals surface area contributed by atoms with E-state index in [-0.39, 0.29) is 17.1 Å². The van der Waals surface area contributed by atoms with Crippen molar-refractivity contribution in [3.8, 4) is 17.2 Å². The molecule has 2 rings (SSSR count). The number of hydrogen-bond acceptors (Lipinski definition) is 5. The Bertz CT molecular complexity index is 561. The maximum atomic E-state index is 14.4. The van der Waals surface area contributed by atoms with Crippen LogP contribution in [0.25, 0.3) is 0 Å². The summed E-state index contributed by atoms with van der Waals surface area (Å²) >= 11 is 0. The largest absolute Gasteiger partial charge is 0.505 e. The first kappa shape index (κ1) is 14.3. The highest BCUT2D eigenvalue weighted by molar-refractivity contribution is 5.56. The number of ether oxygens (including phenoxy) is 2. The van der Waals surface area contributed by atoms with Gasteiger partial charge in [0.1, 0.15) is 5.54 Å². The molecule has 0 bridgehead atoms. The highest BCUT2D eigenvalue weighted by Gasteiger charge is 2.42. The predicted octanol–water partition coefficient (Wildman–Crippen LogP) is 2.65. The maximum absolute atomic E-state index is 14.4. The molecule has 20 heavy (non-hydrogen) atoms. The normalized spacial score (nSPS) is 16.6. The van der Waals surface area contributed by atoms with E-state index in [1.54, 1.807) is 0 Å². The number of rotatable bonds is 4. The third-order valence-electron chi connectivity index (χ3n) is 3.74. The van der Waals surface area contributed by atoms with Gasteiger partial charge in [-0.05, 0) is 12.8 Å². The summed E-state index contributed by atoms with van der Waals surface area (Å²) in [6.07, 6.45) is 4.14. The lowest BCUT2D eigenvalue weighted by molar-refractivity contribution is 0.319. The Kier molecular flexibility index (Phi) is 3.95. The lowest BCUT2D eigenvalue weighted by atomic mass is 9.87. The molecule has 1 fully saturated rings. The van der Waals surface area contributed by atoms with Gasteiger partial charge < -0.3 is 14.6 Å². The van der Waals surface area contributed by atoms with Gasteiger partial charge in [0.25, 0.3) is 0 Å². The van der Waals surface area contributed by atoms with E-state index in [9.17, 15) is 14.3 Å². The Labute approximate surface area is 116 Å². The highest BCUT2D eigenvalue weighted by Crippen LogP contribution is 2.51. The van der Waals surface area contributed by atoms with Crippen LogP contribution in [0, 0.1) is 5.82 Å². The minimum atomic E-state index is -1.04. The van der Waals surface area contributed by atoms with Crippen molar-refractivity contribution >= 4 is 6.08 Å². The molecule has 0 aliphatic heterocycles. The fourth-order valence-corrected chi connectivity index (χ4v) is 2.84. The van der Waals surface area contributed by atoms with Gasteiger partial charge >= 0.3 is 0 Å². The lowest BCUT2D eigenvalue weighted by Gasteiger charge is -2.26. The number of aliphatic imine (C=N–C) groups is 1. The summed E-state index contributed by atoms with van der Waals surface area (Å²) in [4.78, 5) is 14.6. The lowest BCUT2D eigenvalue weighted by Crippen LogP contribution is -2.22. The fraction of sp³-hybridized carbons (Fsp3) is 0.500. The van der Waals surface area contributed by atoms with E-state index in [1.807, 2.05) is 0 Å². The van der Waals surface area contributed by atoms with Crippen LogP contribution in [0.4, 0.5) is 4.39 Å². The van der Waals surface area contributed by atoms with Gasteiger partial charge in [-0.2, -0.15) is 4.99 Å². The molecule has 1 aliphatic rings. The van der Waals surface area contributed by atoms with Crippen LogP contribution in [-0.2, 0) is 10.3 Å². The number of phenolic OH excluding ortho intramolecular Hbond substituents is 1. The molecule has 6 heteroatoms. The van der Waals surface area contributed by atoms with Gasteiger partial charge in [0.05, 0.1) is 19.8 Å². The van der Waals surface area contributed by atoms with Crippen molar-refractivity contribution in [2.45, 2.75) is 31.2 Å². The number of halogens is 1. The molecule has 0 saturated heterocycles. The first-order chi connectivity index (χ1) is 9.59. The van der Waals surface area contributed by atoms with Crippen molar-refractivity contribution in [3.63, 3.8) is 0 Å². The van der Waals surface area contributed by atoms with E-state index in [1.165, 1.54) is 20.3 Å². The third kappa shape index (κ3) is 2.12. The van der Waals surface area contributed by atoms with Crippen molar-refractivity contribution in [3.05, 3.63) is 17.4 Å². The average Bonchev–Trinajstić information content (AvgIpc) is 2.90. The van der Waals surface area contributed by atoms with Crippen LogP contribution in [-0.4, -0.2) is 25.4 Å². The Morgan fingerprint density at radius 3 is 2.50 bits per heavy atom. The van der Waals surface area contributed by atoms with Crippen molar-refractivity contribution in [1.82, 2.24) is 0 Å². The highest BCUT2D eigenvalue weighted by atomic mass is 19.1. The second kappa shape index (κ2) is 5.51. The molecule has 1 aromatic carbocycles. The maximum Gasteiger partial charge on any atom is 0.235 e. The number of hydrogen-bond donors (Lipinski definition) is 1. The van der Waals surface area contributed by atoms with Crippen LogP contribution in [0.15, 0.2) is 11.1 Å². The Morgan fingerprint density at radius 1 is 1.35 bits per heavy atom. The second-order valence-electron chi connectivity index (χ2n) is 4.76. The van der Waals surface area contributed by atoms with Gasteiger partial charge in [-0.1, -0.05) is 12.8 Å². The van der Waals surface area contributed by atoms with Gasteiger partial charge in [-0.25, -0.2) is 9.18 Å². The number of aromatic hydroxyl groups is 1. The van der Waals surface area contributed by atoms with Crippen molar-refractivity contribution in [2.75, 3.05) is 14.2 Å². The number of methoxy groups -OCH3 is 2. The average molecular weight is 281 g/mol. The molecule has 0 unspecified atom stereocenters. The number of benzene rings is 1. The monoisotopic (exact) mass is 281 g/mol. The molecule has 1 aromatic rings. The minimum Gasteiger partial charge on any atom is -0.505 e. The first-order valence-electron chi connectivity index (χ1n) is 6.32. The number of phenols is 1. The Hall–Kier alpha value is -2.07. The molecule has 1 N–H and O–H groups in total. The summed E-state index contributed by atoms with van der Waals surface area (Å²) in [7, 11) is 2.77. The zero-order chi connectivity index (χ0) is 14.8. The van der Waals surface area contributed by atoms with Crippen molar-refractivity contribution in [2.24, 2.45) is 4.99 Å². The molecule has 5 nitrogen and oxygen atoms in total. The zero-order valence-corrected chi connectivity index (χ0v) is 11.4. The molecule has 0 radical (unpaired) electrons. The van der Waals surface area contributed by atoms with E-state index < -0.39 is 17.1 Å². The van der Waals surface area contributed by atoms with Crippen LogP contribution in [0.3, 0.4) is 0 Å². The summed E-state index contributed by atoms with van der Waals surface area (Å²) < 4.78 is 24.7. The summed E-state index contributed by atoms with van der Waals surface area (Å²) in [6, 6.07) is 1.14. The van der Waals surface area contributed by atoms with E-state index in [4.69, 9.17) is 9.47 Å². The SMILES string of the molecule is COc1cc(O)c(F)c(C2(N=C=O)CCCC2)c1OC. The van der Waals surface area contributed by atoms with Gasteiger partial charge in [0, 0.05) is 6.07 Å². The molecule has 108 valence electrons. The zero-order valence-electron chi connectivity index (χ0n) is 11.4. The predicted molar refractivity (Wildman–Crippen MR) is 69.4 cm³/mol. The van der Waals surface area contributed by atoms with Crippen molar-refractivity contribution in [1.29, 1.82) is 0 Å². The first-order valence-corrected chi connectivity index (χ1v) is 6.32. The molecule has 0 amide bonds. The van der Waals surface area contributed by atoms with Crippen LogP contribution in [0.2, 0.25) is 0 Å². The minimum absolute atomic E-state index is 0.0673. The molecule has 0 spiro atoms. The molecule has 1 aliphatic carbocycles. The molecule has 0 heterocycles. The van der Waals surface area contributed by atoms with Gasteiger partial charge in [0.2, 0.25) is 6.08 Å². The summed E-state index contributed by atoms with van der Waals surface area (Å²) in [5, 5.41) is 9.72. The van der Waals surface area contributed by atoms with Crippen LogP contribution < -0.4 is 9.47 Å². The van der Waals surface area contributed by atoms with E-state index >= 15 is 0 Å². The summed E-state index contributed by atoms with van der Waals surface area (Å²) in [6.45, 7) is 0. The Morgan fingerprint density at radius 2 is 2.00 bits per heavy atom.